The van der Waals surface area contributed by atoms with Gasteiger partial charge in [-0.1, -0.05) is 11.6 Å². The van der Waals surface area contributed by atoms with Crippen molar-refractivity contribution >= 4 is 17.3 Å². The third-order valence-corrected chi connectivity index (χ3v) is 4.19. The number of nitrogens with one attached hydrogen (secondary N) is 1. The maximum absolute atomic E-state index is 6.19. The van der Waals surface area contributed by atoms with E-state index in [0.29, 0.717) is 0 Å². The third-order valence-electron chi connectivity index (χ3n) is 3.96. The van der Waals surface area contributed by atoms with Gasteiger partial charge >= 0.3 is 0 Å². The van der Waals surface area contributed by atoms with E-state index in [1.165, 1.54) is 30.5 Å². The fourth-order valence-corrected chi connectivity index (χ4v) is 2.77. The first-order valence-electron chi connectivity index (χ1n) is 8.01. The van der Waals surface area contributed by atoms with Gasteiger partial charge in [0.15, 0.2) is 0 Å². The van der Waals surface area contributed by atoms with E-state index in [1.54, 1.807) is 0 Å². The molecule has 0 spiro atoms. The number of nitrogens with zero attached hydrogens (tertiary/aromatic N) is 2. The summed E-state index contributed by atoms with van der Waals surface area (Å²) in [6.07, 6.45) is 3.81. The minimum atomic E-state index is 0.723. The maximum atomic E-state index is 6.19. The summed E-state index contributed by atoms with van der Waals surface area (Å²) in [5.41, 5.74) is 2.65. The Hall–Kier alpha value is -0.770. The van der Waals surface area contributed by atoms with Crippen LogP contribution in [-0.2, 0) is 6.54 Å². The lowest BCUT2D eigenvalue weighted by atomic mass is 10.1. The Morgan fingerprint density at radius 3 is 2.62 bits per heavy atom. The van der Waals surface area contributed by atoms with Crippen LogP contribution in [0.1, 0.15) is 31.7 Å². The van der Waals surface area contributed by atoms with Crippen LogP contribution < -0.4 is 10.2 Å². The third kappa shape index (κ3) is 5.50. The van der Waals surface area contributed by atoms with Crippen molar-refractivity contribution in [2.75, 3.05) is 38.6 Å². The van der Waals surface area contributed by atoms with Gasteiger partial charge in [0.05, 0.1) is 0 Å². The van der Waals surface area contributed by atoms with Gasteiger partial charge < -0.3 is 15.1 Å². The zero-order valence-electron chi connectivity index (χ0n) is 13.5. The van der Waals surface area contributed by atoms with Crippen LogP contribution >= 0.6 is 11.6 Å². The summed E-state index contributed by atoms with van der Waals surface area (Å²) < 4.78 is 0. The molecule has 0 amide bonds. The standard InChI is InChI=1S/C17H28ClN3/c1-4-21(11-5-10-20(2)3)17-9-6-15(18)12-14(17)13-19-16-7-8-16/h6,9,12,16,19H,4-5,7-8,10-11,13H2,1-3H3. The Kier molecular flexibility index (Phi) is 6.34. The van der Waals surface area contributed by atoms with Crippen molar-refractivity contribution in [3.05, 3.63) is 28.8 Å². The predicted molar refractivity (Wildman–Crippen MR) is 92.4 cm³/mol. The summed E-state index contributed by atoms with van der Waals surface area (Å²) in [6.45, 7) is 6.39. The van der Waals surface area contributed by atoms with E-state index >= 15 is 0 Å². The smallest absolute Gasteiger partial charge is 0.0412 e. The molecule has 2 rings (SSSR count). The second-order valence-corrected chi connectivity index (χ2v) is 6.60. The average molecular weight is 310 g/mol. The number of anilines is 1. The molecule has 1 saturated carbocycles. The highest BCUT2D eigenvalue weighted by Gasteiger charge is 2.21. The van der Waals surface area contributed by atoms with E-state index in [0.717, 1.165) is 37.2 Å². The molecule has 0 aliphatic heterocycles. The highest BCUT2D eigenvalue weighted by molar-refractivity contribution is 6.30. The van der Waals surface area contributed by atoms with Gasteiger partial charge in [0.2, 0.25) is 0 Å². The highest BCUT2D eigenvalue weighted by Crippen LogP contribution is 2.26. The molecule has 1 fully saturated rings. The first-order valence-corrected chi connectivity index (χ1v) is 8.39. The molecular formula is C17H28ClN3. The fourth-order valence-electron chi connectivity index (χ4n) is 2.57. The second kappa shape index (κ2) is 8.02. The van der Waals surface area contributed by atoms with Gasteiger partial charge in [-0.3, -0.25) is 0 Å². The number of benzene rings is 1. The van der Waals surface area contributed by atoms with Crippen molar-refractivity contribution in [2.24, 2.45) is 0 Å². The van der Waals surface area contributed by atoms with Crippen LogP contribution in [0.15, 0.2) is 18.2 Å². The van der Waals surface area contributed by atoms with Gasteiger partial charge in [0, 0.05) is 36.4 Å². The molecular weight excluding hydrogens is 282 g/mol. The monoisotopic (exact) mass is 309 g/mol. The van der Waals surface area contributed by atoms with E-state index < -0.39 is 0 Å². The van der Waals surface area contributed by atoms with E-state index in [1.807, 2.05) is 6.07 Å². The lowest BCUT2D eigenvalue weighted by Crippen LogP contribution is -2.28. The first kappa shape index (κ1) is 16.6. The lowest BCUT2D eigenvalue weighted by Gasteiger charge is -2.27. The van der Waals surface area contributed by atoms with Gasteiger partial charge in [-0.15, -0.1) is 0 Å². The van der Waals surface area contributed by atoms with Crippen LogP contribution in [0.3, 0.4) is 0 Å². The highest BCUT2D eigenvalue weighted by atomic mass is 35.5. The minimum Gasteiger partial charge on any atom is -0.372 e. The molecule has 0 radical (unpaired) electrons. The Bertz CT molecular complexity index is 444. The molecule has 0 atom stereocenters. The van der Waals surface area contributed by atoms with Gasteiger partial charge in [0.1, 0.15) is 0 Å². The van der Waals surface area contributed by atoms with Crippen molar-refractivity contribution in [1.82, 2.24) is 10.2 Å². The van der Waals surface area contributed by atoms with Crippen LogP contribution in [0.5, 0.6) is 0 Å². The molecule has 0 bridgehead atoms. The number of halogens is 1. The molecule has 1 aromatic rings. The van der Waals surface area contributed by atoms with Crippen molar-refractivity contribution in [1.29, 1.82) is 0 Å². The summed E-state index contributed by atoms with van der Waals surface area (Å²) >= 11 is 6.19. The molecule has 1 N–H and O–H groups in total. The van der Waals surface area contributed by atoms with Crippen molar-refractivity contribution in [3.8, 4) is 0 Å². The summed E-state index contributed by atoms with van der Waals surface area (Å²) in [6, 6.07) is 7.01. The van der Waals surface area contributed by atoms with Gasteiger partial charge in [-0.05, 0) is 70.6 Å². The predicted octanol–water partition coefficient (Wildman–Crippen LogP) is 3.37. The molecule has 4 heteroatoms. The maximum Gasteiger partial charge on any atom is 0.0412 e. The molecule has 0 heterocycles. The van der Waals surface area contributed by atoms with Crippen LogP contribution in [-0.4, -0.2) is 44.7 Å². The molecule has 0 saturated heterocycles. The SMILES string of the molecule is CCN(CCCN(C)C)c1ccc(Cl)cc1CNC1CC1. The summed E-state index contributed by atoms with van der Waals surface area (Å²) in [5.74, 6) is 0. The fraction of sp³-hybridized carbons (Fsp3) is 0.647. The average Bonchev–Trinajstić information content (AvgIpc) is 3.26. The van der Waals surface area contributed by atoms with Crippen LogP contribution in [0, 0.1) is 0 Å². The summed E-state index contributed by atoms with van der Waals surface area (Å²) in [4.78, 5) is 4.70. The van der Waals surface area contributed by atoms with Crippen molar-refractivity contribution in [2.45, 2.75) is 38.8 Å². The van der Waals surface area contributed by atoms with Crippen molar-refractivity contribution in [3.63, 3.8) is 0 Å². The normalized spacial score (nSPS) is 14.7. The molecule has 0 aromatic heterocycles. The Labute approximate surface area is 134 Å². The molecule has 0 unspecified atom stereocenters. The molecule has 3 nitrogen and oxygen atoms in total. The van der Waals surface area contributed by atoms with Crippen LogP contribution in [0.4, 0.5) is 5.69 Å². The Morgan fingerprint density at radius 2 is 2.00 bits per heavy atom. The number of hydrogen-bond donors (Lipinski definition) is 1. The van der Waals surface area contributed by atoms with E-state index in [2.05, 4.69) is 48.3 Å². The van der Waals surface area contributed by atoms with Crippen molar-refractivity contribution < 1.29 is 0 Å². The summed E-state index contributed by atoms with van der Waals surface area (Å²) in [7, 11) is 4.26. The molecule has 118 valence electrons. The minimum absolute atomic E-state index is 0.723. The Balaban J connectivity index is 2.02. The van der Waals surface area contributed by atoms with Gasteiger partial charge in [-0.25, -0.2) is 0 Å². The zero-order chi connectivity index (χ0) is 15.2. The number of rotatable bonds is 9. The summed E-state index contributed by atoms with van der Waals surface area (Å²) in [5, 5.41) is 4.43. The molecule has 21 heavy (non-hydrogen) atoms. The zero-order valence-corrected chi connectivity index (χ0v) is 14.3. The van der Waals surface area contributed by atoms with Crippen LogP contribution in [0.2, 0.25) is 5.02 Å². The van der Waals surface area contributed by atoms with Gasteiger partial charge in [-0.2, -0.15) is 0 Å². The topological polar surface area (TPSA) is 18.5 Å². The van der Waals surface area contributed by atoms with E-state index in [9.17, 15) is 0 Å². The number of hydrogen-bond acceptors (Lipinski definition) is 3. The Morgan fingerprint density at radius 1 is 1.24 bits per heavy atom. The largest absolute Gasteiger partial charge is 0.372 e. The van der Waals surface area contributed by atoms with Crippen LogP contribution in [0.25, 0.3) is 0 Å². The first-order chi connectivity index (χ1) is 10.1. The van der Waals surface area contributed by atoms with E-state index in [-0.39, 0.29) is 0 Å². The van der Waals surface area contributed by atoms with Gasteiger partial charge in [0.25, 0.3) is 0 Å². The van der Waals surface area contributed by atoms with E-state index in [4.69, 9.17) is 11.6 Å². The molecule has 1 aromatic carbocycles. The molecule has 1 aliphatic rings. The lowest BCUT2D eigenvalue weighted by molar-refractivity contribution is 0.400. The quantitative estimate of drug-likeness (QED) is 0.754. The second-order valence-electron chi connectivity index (χ2n) is 6.16. The molecule has 1 aliphatic carbocycles.